The Morgan fingerprint density at radius 2 is 1.59 bits per heavy atom. The molecule has 1 rings (SSSR count). The highest BCUT2D eigenvalue weighted by molar-refractivity contribution is 5.77. The molecular weight excluding hydrogens is 212 g/mol. The lowest BCUT2D eigenvalue weighted by molar-refractivity contribution is -0.133. The van der Waals surface area contributed by atoms with Crippen molar-refractivity contribution in [3.63, 3.8) is 0 Å². The molecule has 0 heterocycles. The van der Waals surface area contributed by atoms with Crippen molar-refractivity contribution in [1.82, 2.24) is 5.32 Å². The summed E-state index contributed by atoms with van der Waals surface area (Å²) in [5.41, 5.74) is 6.17. The van der Waals surface area contributed by atoms with Crippen molar-refractivity contribution < 1.29 is 4.79 Å². The van der Waals surface area contributed by atoms with Gasteiger partial charge in [0.25, 0.3) is 0 Å². The van der Waals surface area contributed by atoms with Crippen LogP contribution >= 0.6 is 0 Å². The van der Waals surface area contributed by atoms with Gasteiger partial charge >= 0.3 is 0 Å². The molecule has 3 nitrogen and oxygen atoms in total. The van der Waals surface area contributed by atoms with Crippen LogP contribution in [0, 0.1) is 16.2 Å². The fourth-order valence-corrected chi connectivity index (χ4v) is 3.25. The van der Waals surface area contributed by atoms with Crippen LogP contribution in [0.15, 0.2) is 0 Å². The Morgan fingerprint density at radius 3 is 1.94 bits per heavy atom. The van der Waals surface area contributed by atoms with E-state index >= 15 is 0 Å². The topological polar surface area (TPSA) is 55.1 Å². The highest BCUT2D eigenvalue weighted by Crippen LogP contribution is 2.52. The molecule has 1 saturated carbocycles. The Hall–Kier alpha value is -0.570. The summed E-state index contributed by atoms with van der Waals surface area (Å²) in [5, 5.41) is 3.16. The van der Waals surface area contributed by atoms with Gasteiger partial charge in [0.1, 0.15) is 0 Å². The SMILES string of the molecule is CC(C)(C)CC(=O)NC1C(C)(C)C(N)C1(C)C. The van der Waals surface area contributed by atoms with Crippen molar-refractivity contribution in [2.24, 2.45) is 22.0 Å². The van der Waals surface area contributed by atoms with Gasteiger partial charge < -0.3 is 11.1 Å². The van der Waals surface area contributed by atoms with Crippen LogP contribution in [-0.4, -0.2) is 18.0 Å². The van der Waals surface area contributed by atoms with Gasteiger partial charge in [-0.3, -0.25) is 4.79 Å². The van der Waals surface area contributed by atoms with E-state index in [1.807, 2.05) is 0 Å². The van der Waals surface area contributed by atoms with Crippen LogP contribution in [0.5, 0.6) is 0 Å². The molecule has 0 bridgehead atoms. The molecule has 0 unspecified atom stereocenters. The molecule has 1 amide bonds. The van der Waals surface area contributed by atoms with Crippen molar-refractivity contribution in [3.05, 3.63) is 0 Å². The van der Waals surface area contributed by atoms with Gasteiger partial charge in [-0.2, -0.15) is 0 Å². The number of rotatable bonds is 2. The summed E-state index contributed by atoms with van der Waals surface area (Å²) in [6, 6.07) is 0.301. The molecule has 100 valence electrons. The largest absolute Gasteiger partial charge is 0.352 e. The maximum absolute atomic E-state index is 12.0. The first-order chi connectivity index (χ1) is 7.39. The number of hydrogen-bond acceptors (Lipinski definition) is 2. The van der Waals surface area contributed by atoms with Crippen molar-refractivity contribution >= 4 is 5.91 Å². The first kappa shape index (κ1) is 14.5. The maximum Gasteiger partial charge on any atom is 0.220 e. The summed E-state index contributed by atoms with van der Waals surface area (Å²) >= 11 is 0. The van der Waals surface area contributed by atoms with E-state index < -0.39 is 0 Å². The second-order valence-corrected chi connectivity index (χ2v) is 7.86. The van der Waals surface area contributed by atoms with Crippen LogP contribution in [-0.2, 0) is 4.79 Å². The molecule has 17 heavy (non-hydrogen) atoms. The van der Waals surface area contributed by atoms with Crippen molar-refractivity contribution in [3.8, 4) is 0 Å². The van der Waals surface area contributed by atoms with Crippen molar-refractivity contribution in [2.75, 3.05) is 0 Å². The van der Waals surface area contributed by atoms with E-state index in [9.17, 15) is 4.79 Å². The normalized spacial score (nSPS) is 30.6. The predicted molar refractivity (Wildman–Crippen MR) is 71.5 cm³/mol. The molecule has 0 aliphatic heterocycles. The Bertz CT molecular complexity index is 297. The number of hydrogen-bond donors (Lipinski definition) is 2. The fraction of sp³-hybridized carbons (Fsp3) is 0.929. The highest BCUT2D eigenvalue weighted by Gasteiger charge is 2.60. The van der Waals surface area contributed by atoms with Crippen LogP contribution in [0.3, 0.4) is 0 Å². The van der Waals surface area contributed by atoms with Gasteiger partial charge in [0.15, 0.2) is 0 Å². The van der Waals surface area contributed by atoms with Crippen LogP contribution in [0.2, 0.25) is 0 Å². The molecule has 0 aromatic carbocycles. The van der Waals surface area contributed by atoms with E-state index in [-0.39, 0.29) is 34.2 Å². The summed E-state index contributed by atoms with van der Waals surface area (Å²) in [6.45, 7) is 14.8. The summed E-state index contributed by atoms with van der Waals surface area (Å²) in [7, 11) is 0. The van der Waals surface area contributed by atoms with Crippen LogP contribution in [0.4, 0.5) is 0 Å². The Labute approximate surface area is 106 Å². The molecule has 0 saturated heterocycles. The molecular formula is C14H28N2O. The van der Waals surface area contributed by atoms with E-state index in [1.165, 1.54) is 0 Å². The minimum atomic E-state index is -0.0168. The third-order valence-corrected chi connectivity index (χ3v) is 4.09. The van der Waals surface area contributed by atoms with Crippen molar-refractivity contribution in [2.45, 2.75) is 67.0 Å². The van der Waals surface area contributed by atoms with E-state index in [0.717, 1.165) is 0 Å². The van der Waals surface area contributed by atoms with Gasteiger partial charge in [0.2, 0.25) is 5.91 Å². The molecule has 3 N–H and O–H groups in total. The first-order valence-electron chi connectivity index (χ1n) is 6.44. The van der Waals surface area contributed by atoms with Gasteiger partial charge in [0.05, 0.1) is 0 Å². The quantitative estimate of drug-likeness (QED) is 0.778. The molecule has 0 atom stereocenters. The number of nitrogens with two attached hydrogens (primary N) is 1. The van der Waals surface area contributed by atoms with E-state index in [1.54, 1.807) is 0 Å². The second kappa shape index (κ2) is 3.98. The van der Waals surface area contributed by atoms with Gasteiger partial charge in [-0.15, -0.1) is 0 Å². The third-order valence-electron chi connectivity index (χ3n) is 4.09. The second-order valence-electron chi connectivity index (χ2n) is 7.86. The number of carbonyl (C=O) groups excluding carboxylic acids is 1. The fourth-order valence-electron chi connectivity index (χ4n) is 3.25. The Morgan fingerprint density at radius 1 is 1.18 bits per heavy atom. The third kappa shape index (κ3) is 2.65. The Kier molecular flexibility index (Phi) is 3.39. The van der Waals surface area contributed by atoms with Crippen LogP contribution in [0.25, 0.3) is 0 Å². The van der Waals surface area contributed by atoms with Crippen molar-refractivity contribution in [1.29, 1.82) is 0 Å². The maximum atomic E-state index is 12.0. The lowest BCUT2D eigenvalue weighted by Gasteiger charge is -2.63. The first-order valence-corrected chi connectivity index (χ1v) is 6.44. The minimum absolute atomic E-state index is 0.0168. The van der Waals surface area contributed by atoms with Gasteiger partial charge in [-0.25, -0.2) is 0 Å². The molecule has 1 aliphatic rings. The smallest absolute Gasteiger partial charge is 0.220 e. The molecule has 1 fully saturated rings. The zero-order valence-corrected chi connectivity index (χ0v) is 12.3. The summed E-state index contributed by atoms with van der Waals surface area (Å²) in [5.74, 6) is 0.135. The van der Waals surface area contributed by atoms with Crippen LogP contribution in [0.1, 0.15) is 54.9 Å². The van der Waals surface area contributed by atoms with Gasteiger partial charge in [-0.1, -0.05) is 48.5 Å². The van der Waals surface area contributed by atoms with Gasteiger partial charge in [-0.05, 0) is 5.41 Å². The number of amides is 1. The van der Waals surface area contributed by atoms with E-state index in [0.29, 0.717) is 6.42 Å². The molecule has 1 aliphatic carbocycles. The summed E-state index contributed by atoms with van der Waals surface area (Å²) in [6.07, 6.45) is 0.560. The molecule has 0 aromatic rings. The zero-order valence-electron chi connectivity index (χ0n) is 12.3. The van der Waals surface area contributed by atoms with E-state index in [2.05, 4.69) is 53.8 Å². The van der Waals surface area contributed by atoms with Gasteiger partial charge in [0, 0.05) is 29.3 Å². The average Bonchev–Trinajstić information content (AvgIpc) is 2.09. The molecule has 0 radical (unpaired) electrons. The molecule has 0 spiro atoms. The number of nitrogens with one attached hydrogen (secondary N) is 1. The predicted octanol–water partition coefficient (Wildman–Crippen LogP) is 2.30. The standard InChI is InChI=1S/C14H28N2O/c1-12(2,3)8-9(17)16-11-13(4,5)10(15)14(11,6)7/h10-11H,8,15H2,1-7H3,(H,16,17). The Balaban J connectivity index is 2.67. The average molecular weight is 240 g/mol. The minimum Gasteiger partial charge on any atom is -0.352 e. The highest BCUT2D eigenvalue weighted by atomic mass is 16.1. The number of carbonyl (C=O) groups is 1. The van der Waals surface area contributed by atoms with E-state index in [4.69, 9.17) is 5.73 Å². The monoisotopic (exact) mass is 240 g/mol. The lowest BCUT2D eigenvalue weighted by atomic mass is 9.48. The van der Waals surface area contributed by atoms with Crippen LogP contribution < -0.4 is 11.1 Å². The molecule has 3 heteroatoms. The molecule has 0 aromatic heterocycles. The summed E-state index contributed by atoms with van der Waals surface area (Å²) < 4.78 is 0. The summed E-state index contributed by atoms with van der Waals surface area (Å²) in [4.78, 5) is 12.0. The zero-order chi connectivity index (χ0) is 13.6. The lowest BCUT2D eigenvalue weighted by Crippen LogP contribution is -2.76.